The van der Waals surface area contributed by atoms with E-state index in [4.69, 9.17) is 16.3 Å². The van der Waals surface area contributed by atoms with Gasteiger partial charge in [0, 0.05) is 13.1 Å². The first-order valence-electron chi connectivity index (χ1n) is 3.40. The van der Waals surface area contributed by atoms with E-state index < -0.39 is 5.91 Å². The molecule has 0 atom stereocenters. The van der Waals surface area contributed by atoms with Crippen LogP contribution in [0.15, 0.2) is 0 Å². The highest BCUT2D eigenvalue weighted by atomic mass is 35.5. The zero-order valence-electron chi connectivity index (χ0n) is 6.31. The number of carbonyl (C=O) groups is 1. The smallest absolute Gasteiger partial charge is 0.232 e. The molecule has 5 heteroatoms. The molecule has 1 aliphatic heterocycles. The quantitative estimate of drug-likeness (QED) is 0.526. The second-order valence-corrected chi connectivity index (χ2v) is 2.23. The summed E-state index contributed by atoms with van der Waals surface area (Å²) in [6, 6.07) is 0. The number of morpholine rings is 1. The molecule has 0 saturated carbocycles. The Balaban J connectivity index is 0.000000187. The lowest BCUT2D eigenvalue weighted by Gasteiger charge is -2.10. The molecule has 1 fully saturated rings. The number of hydrogen-bond acceptors (Lipinski definition) is 3. The van der Waals surface area contributed by atoms with Gasteiger partial charge in [0.25, 0.3) is 0 Å². The second-order valence-electron chi connectivity index (χ2n) is 1.96. The molecule has 11 heavy (non-hydrogen) atoms. The topological polar surface area (TPSA) is 64.3 Å². The van der Waals surface area contributed by atoms with Crippen LogP contribution in [0.25, 0.3) is 0 Å². The van der Waals surface area contributed by atoms with Crippen LogP contribution in [0.1, 0.15) is 0 Å². The number of alkyl halides is 1. The SMILES string of the molecule is C1COCCN1.NC(=O)CCl. The Labute approximate surface area is 71.0 Å². The van der Waals surface area contributed by atoms with Crippen molar-refractivity contribution in [3.63, 3.8) is 0 Å². The molecule has 0 aromatic carbocycles. The Bertz CT molecular complexity index is 95.2. The van der Waals surface area contributed by atoms with E-state index in [9.17, 15) is 4.79 Å². The number of nitrogens with two attached hydrogens (primary N) is 1. The van der Waals surface area contributed by atoms with Gasteiger partial charge >= 0.3 is 0 Å². The number of rotatable bonds is 1. The first-order valence-corrected chi connectivity index (χ1v) is 3.93. The van der Waals surface area contributed by atoms with E-state index in [0.29, 0.717) is 0 Å². The van der Waals surface area contributed by atoms with Crippen LogP contribution in [-0.2, 0) is 9.53 Å². The molecule has 3 N–H and O–H groups in total. The van der Waals surface area contributed by atoms with Crippen LogP contribution in [0.2, 0.25) is 0 Å². The average Bonchev–Trinajstić information content (AvgIpc) is 2.09. The molecule has 0 aromatic heterocycles. The van der Waals surface area contributed by atoms with E-state index in [2.05, 4.69) is 11.1 Å². The number of nitrogens with one attached hydrogen (secondary N) is 1. The van der Waals surface area contributed by atoms with Gasteiger partial charge in [-0.25, -0.2) is 0 Å². The molecule has 4 nitrogen and oxygen atoms in total. The molecule has 0 bridgehead atoms. The lowest BCUT2D eigenvalue weighted by molar-refractivity contribution is -0.115. The summed E-state index contributed by atoms with van der Waals surface area (Å²) in [6.07, 6.45) is 0. The van der Waals surface area contributed by atoms with Crippen LogP contribution in [0.4, 0.5) is 0 Å². The first kappa shape index (κ1) is 10.7. The molecular weight excluding hydrogens is 168 g/mol. The van der Waals surface area contributed by atoms with E-state index >= 15 is 0 Å². The molecule has 1 saturated heterocycles. The minimum Gasteiger partial charge on any atom is -0.379 e. The van der Waals surface area contributed by atoms with Crippen LogP contribution in [0.5, 0.6) is 0 Å². The monoisotopic (exact) mass is 180 g/mol. The molecule has 0 spiro atoms. The standard InChI is InChI=1S/C4H9NO.C2H4ClNO/c1-3-6-4-2-5-1;3-1-2(4)5/h5H,1-4H2;1H2,(H2,4,5). The highest BCUT2D eigenvalue weighted by Gasteiger charge is 1.92. The molecule has 1 rings (SSSR count). The van der Waals surface area contributed by atoms with Crippen molar-refractivity contribution in [3.8, 4) is 0 Å². The largest absolute Gasteiger partial charge is 0.379 e. The van der Waals surface area contributed by atoms with Gasteiger partial charge in [0.1, 0.15) is 5.88 Å². The van der Waals surface area contributed by atoms with Crippen LogP contribution < -0.4 is 11.1 Å². The van der Waals surface area contributed by atoms with Gasteiger partial charge in [-0.3, -0.25) is 4.79 Å². The summed E-state index contributed by atoms with van der Waals surface area (Å²) in [5.74, 6) is -0.563. The number of ether oxygens (including phenoxy) is 1. The van der Waals surface area contributed by atoms with Gasteiger partial charge < -0.3 is 15.8 Å². The zero-order chi connectivity index (χ0) is 8.53. The summed E-state index contributed by atoms with van der Waals surface area (Å²) in [7, 11) is 0. The Kier molecular flexibility index (Phi) is 7.56. The summed E-state index contributed by atoms with van der Waals surface area (Å²) in [5.41, 5.74) is 4.52. The van der Waals surface area contributed by atoms with Crippen molar-refractivity contribution < 1.29 is 9.53 Å². The molecule has 0 aromatic rings. The normalized spacial score (nSPS) is 16.5. The van der Waals surface area contributed by atoms with Crippen LogP contribution in [0, 0.1) is 0 Å². The fourth-order valence-electron chi connectivity index (χ4n) is 0.516. The third-order valence-electron chi connectivity index (χ3n) is 0.978. The van der Waals surface area contributed by atoms with Crippen molar-refractivity contribution in [3.05, 3.63) is 0 Å². The van der Waals surface area contributed by atoms with E-state index in [1.165, 1.54) is 0 Å². The van der Waals surface area contributed by atoms with Crippen molar-refractivity contribution in [2.45, 2.75) is 0 Å². The predicted octanol–water partition coefficient (Wildman–Crippen LogP) is -0.683. The molecule has 1 amide bonds. The number of amides is 1. The number of carbonyl (C=O) groups excluding carboxylic acids is 1. The second kappa shape index (κ2) is 7.78. The van der Waals surface area contributed by atoms with Crippen molar-refractivity contribution >= 4 is 17.5 Å². The zero-order valence-corrected chi connectivity index (χ0v) is 7.06. The minimum absolute atomic E-state index is 0.0833. The minimum atomic E-state index is -0.480. The lowest BCUT2D eigenvalue weighted by Crippen LogP contribution is -2.30. The van der Waals surface area contributed by atoms with Gasteiger partial charge in [0.05, 0.1) is 13.2 Å². The average molecular weight is 181 g/mol. The highest BCUT2D eigenvalue weighted by Crippen LogP contribution is 1.76. The van der Waals surface area contributed by atoms with Gasteiger partial charge in [0.2, 0.25) is 5.91 Å². The van der Waals surface area contributed by atoms with Crippen molar-refractivity contribution in [2.24, 2.45) is 5.73 Å². The third-order valence-corrected chi connectivity index (χ3v) is 1.24. The number of primary amides is 1. The number of halogens is 1. The van der Waals surface area contributed by atoms with E-state index in [0.717, 1.165) is 26.3 Å². The molecule has 1 aliphatic rings. The number of hydrogen-bond donors (Lipinski definition) is 2. The highest BCUT2D eigenvalue weighted by molar-refractivity contribution is 6.27. The molecular formula is C6H13ClN2O2. The Hall–Kier alpha value is -0.320. The molecule has 1 heterocycles. The van der Waals surface area contributed by atoms with Crippen molar-refractivity contribution in [1.82, 2.24) is 5.32 Å². The van der Waals surface area contributed by atoms with Crippen LogP contribution in [0.3, 0.4) is 0 Å². The first-order chi connectivity index (χ1) is 5.27. The molecule has 0 unspecified atom stereocenters. The summed E-state index contributed by atoms with van der Waals surface area (Å²) in [6.45, 7) is 3.83. The predicted molar refractivity (Wildman–Crippen MR) is 43.6 cm³/mol. The summed E-state index contributed by atoms with van der Waals surface area (Å²) in [5, 5.41) is 3.16. The van der Waals surface area contributed by atoms with Crippen LogP contribution >= 0.6 is 11.6 Å². The fraction of sp³-hybridized carbons (Fsp3) is 0.833. The Morgan fingerprint density at radius 3 is 2.09 bits per heavy atom. The van der Waals surface area contributed by atoms with Gasteiger partial charge in [-0.2, -0.15) is 0 Å². The summed E-state index contributed by atoms with van der Waals surface area (Å²) in [4.78, 5) is 9.46. The van der Waals surface area contributed by atoms with Gasteiger partial charge in [0.15, 0.2) is 0 Å². The van der Waals surface area contributed by atoms with Gasteiger partial charge in [-0.1, -0.05) is 0 Å². The maximum absolute atomic E-state index is 9.46. The Morgan fingerprint density at radius 2 is 2.00 bits per heavy atom. The molecule has 66 valence electrons. The van der Waals surface area contributed by atoms with E-state index in [-0.39, 0.29) is 5.88 Å². The van der Waals surface area contributed by atoms with Crippen LogP contribution in [-0.4, -0.2) is 38.1 Å². The molecule has 0 aliphatic carbocycles. The van der Waals surface area contributed by atoms with E-state index in [1.54, 1.807) is 0 Å². The maximum Gasteiger partial charge on any atom is 0.232 e. The van der Waals surface area contributed by atoms with Crippen molar-refractivity contribution in [1.29, 1.82) is 0 Å². The molecule has 0 radical (unpaired) electrons. The van der Waals surface area contributed by atoms with E-state index in [1.807, 2.05) is 0 Å². The Morgan fingerprint density at radius 1 is 1.55 bits per heavy atom. The lowest BCUT2D eigenvalue weighted by atomic mass is 10.5. The van der Waals surface area contributed by atoms with Gasteiger partial charge in [-0.05, 0) is 0 Å². The maximum atomic E-state index is 9.46. The summed E-state index contributed by atoms with van der Waals surface area (Å²) < 4.78 is 5.01. The van der Waals surface area contributed by atoms with Crippen molar-refractivity contribution in [2.75, 3.05) is 32.2 Å². The fourth-order valence-corrected chi connectivity index (χ4v) is 0.516. The summed E-state index contributed by atoms with van der Waals surface area (Å²) >= 11 is 4.86. The third kappa shape index (κ3) is 9.68. The van der Waals surface area contributed by atoms with Gasteiger partial charge in [-0.15, -0.1) is 11.6 Å².